The third-order valence-electron chi connectivity index (χ3n) is 3.58. The van der Waals surface area contributed by atoms with Gasteiger partial charge >= 0.3 is 0 Å². The minimum absolute atomic E-state index is 0.196. The third kappa shape index (κ3) is 2.59. The summed E-state index contributed by atoms with van der Waals surface area (Å²) in [6.07, 6.45) is 3.25. The van der Waals surface area contributed by atoms with Crippen LogP contribution in [0.25, 0.3) is 10.9 Å². The Labute approximate surface area is 118 Å². The van der Waals surface area contributed by atoms with Crippen LogP contribution in [0.2, 0.25) is 0 Å². The fourth-order valence-corrected chi connectivity index (χ4v) is 2.96. The Morgan fingerprint density at radius 3 is 3.00 bits per heavy atom. The van der Waals surface area contributed by atoms with Crippen molar-refractivity contribution in [2.24, 2.45) is 0 Å². The molecule has 1 aliphatic heterocycles. The Balaban J connectivity index is 1.77. The number of rotatable bonds is 3. The Morgan fingerprint density at radius 2 is 2.21 bits per heavy atom. The Morgan fingerprint density at radius 1 is 1.32 bits per heavy atom. The van der Waals surface area contributed by atoms with Gasteiger partial charge < -0.3 is 4.90 Å². The largest absolute Gasteiger partial charge is 0.341 e. The van der Waals surface area contributed by atoms with Gasteiger partial charge in [-0.15, -0.1) is 0 Å². The van der Waals surface area contributed by atoms with Crippen molar-refractivity contribution in [2.75, 3.05) is 13.1 Å². The van der Waals surface area contributed by atoms with Crippen LogP contribution >= 0.6 is 12.6 Å². The molecule has 1 unspecified atom stereocenters. The Kier molecular flexibility index (Phi) is 3.42. The van der Waals surface area contributed by atoms with Crippen LogP contribution in [-0.2, 0) is 11.2 Å². The summed E-state index contributed by atoms with van der Waals surface area (Å²) in [6, 6.07) is 10.2. The number of benzene rings is 1. The second-order valence-electron chi connectivity index (χ2n) is 4.93. The number of fused-ring (bicyclic) bond motifs is 1. The number of hydrogen-bond acceptors (Lipinski definition) is 3. The molecule has 1 amide bonds. The summed E-state index contributed by atoms with van der Waals surface area (Å²) in [5, 5.41) is 1.38. The van der Waals surface area contributed by atoms with Crippen LogP contribution in [0.3, 0.4) is 0 Å². The highest BCUT2D eigenvalue weighted by Gasteiger charge is 2.26. The summed E-state index contributed by atoms with van der Waals surface area (Å²) < 4.78 is 0. The van der Waals surface area contributed by atoms with E-state index in [2.05, 4.69) is 29.7 Å². The second kappa shape index (κ2) is 5.21. The second-order valence-corrected chi connectivity index (χ2v) is 5.67. The minimum Gasteiger partial charge on any atom is -0.341 e. The molecule has 0 saturated carbocycles. The molecule has 1 fully saturated rings. The number of carbonyl (C=O) groups excluding carboxylic acids is 1. The number of pyridine rings is 1. The van der Waals surface area contributed by atoms with Crippen molar-refractivity contribution in [3.8, 4) is 0 Å². The van der Waals surface area contributed by atoms with E-state index in [1.807, 2.05) is 29.3 Å². The maximum Gasteiger partial charge on any atom is 0.223 e. The molecular weight excluding hydrogens is 256 g/mol. The molecule has 0 N–H and O–H groups in total. The van der Waals surface area contributed by atoms with Gasteiger partial charge in [0.1, 0.15) is 0 Å². The lowest BCUT2D eigenvalue weighted by Gasteiger charge is -2.16. The van der Waals surface area contributed by atoms with Gasteiger partial charge in [0.15, 0.2) is 0 Å². The van der Waals surface area contributed by atoms with Crippen molar-refractivity contribution in [1.82, 2.24) is 9.88 Å². The van der Waals surface area contributed by atoms with E-state index in [9.17, 15) is 4.79 Å². The monoisotopic (exact) mass is 272 g/mol. The summed E-state index contributed by atoms with van der Waals surface area (Å²) >= 11 is 4.38. The molecule has 2 aromatic rings. The summed E-state index contributed by atoms with van der Waals surface area (Å²) in [5.41, 5.74) is 2.26. The van der Waals surface area contributed by atoms with Crippen molar-refractivity contribution in [3.63, 3.8) is 0 Å². The van der Waals surface area contributed by atoms with Crippen LogP contribution < -0.4 is 0 Å². The number of nitrogens with zero attached hydrogens (tertiary/aromatic N) is 2. The van der Waals surface area contributed by atoms with Crippen LogP contribution in [-0.4, -0.2) is 34.1 Å². The average Bonchev–Trinajstić information content (AvgIpc) is 2.74. The molecule has 1 aliphatic rings. The lowest BCUT2D eigenvalue weighted by atomic mass is 10.1. The first-order chi connectivity index (χ1) is 9.24. The molecule has 1 saturated heterocycles. The van der Waals surface area contributed by atoms with Crippen LogP contribution in [0.15, 0.2) is 36.5 Å². The normalized spacial score (nSPS) is 19.3. The molecule has 1 atom stereocenters. The van der Waals surface area contributed by atoms with Crippen LogP contribution in [0.1, 0.15) is 12.0 Å². The fraction of sp³-hybridized carbons (Fsp3) is 0.333. The summed E-state index contributed by atoms with van der Waals surface area (Å²) in [4.78, 5) is 18.0. The van der Waals surface area contributed by atoms with Crippen molar-refractivity contribution >= 4 is 29.4 Å². The maximum absolute atomic E-state index is 11.7. The third-order valence-corrected chi connectivity index (χ3v) is 3.93. The van der Waals surface area contributed by atoms with Crippen LogP contribution in [0, 0.1) is 0 Å². The lowest BCUT2D eigenvalue weighted by Crippen LogP contribution is -2.27. The van der Waals surface area contributed by atoms with E-state index in [1.165, 1.54) is 10.9 Å². The molecule has 98 valence electrons. The number of likely N-dealkylation sites (tertiary alicyclic amines) is 1. The van der Waals surface area contributed by atoms with E-state index in [0.717, 1.165) is 25.0 Å². The number of thiol groups is 1. The summed E-state index contributed by atoms with van der Waals surface area (Å²) in [5.74, 6) is 0.221. The zero-order chi connectivity index (χ0) is 13.2. The zero-order valence-electron chi connectivity index (χ0n) is 10.6. The van der Waals surface area contributed by atoms with E-state index < -0.39 is 0 Å². The van der Waals surface area contributed by atoms with Crippen LogP contribution in [0.4, 0.5) is 0 Å². The first-order valence-corrected chi connectivity index (χ1v) is 7.04. The molecule has 1 aromatic heterocycles. The average molecular weight is 272 g/mol. The zero-order valence-corrected chi connectivity index (χ0v) is 11.5. The van der Waals surface area contributed by atoms with Crippen molar-refractivity contribution in [1.29, 1.82) is 0 Å². The van der Waals surface area contributed by atoms with Gasteiger partial charge in [-0.25, -0.2) is 0 Å². The van der Waals surface area contributed by atoms with Gasteiger partial charge in [-0.05, 0) is 24.1 Å². The topological polar surface area (TPSA) is 33.2 Å². The first kappa shape index (κ1) is 12.5. The predicted molar refractivity (Wildman–Crippen MR) is 79.4 cm³/mol. The highest BCUT2D eigenvalue weighted by molar-refractivity contribution is 7.81. The molecule has 19 heavy (non-hydrogen) atoms. The predicted octanol–water partition coefficient (Wildman–Crippen LogP) is 2.31. The number of hydrogen-bond donors (Lipinski definition) is 1. The van der Waals surface area contributed by atoms with Gasteiger partial charge in [0, 0.05) is 36.3 Å². The number of aromatic nitrogens is 1. The summed E-state index contributed by atoms with van der Waals surface area (Å²) in [7, 11) is 0. The maximum atomic E-state index is 11.7. The molecule has 3 nitrogen and oxygen atoms in total. The molecule has 0 radical (unpaired) electrons. The molecule has 2 heterocycles. The highest BCUT2D eigenvalue weighted by Crippen LogP contribution is 2.20. The molecule has 1 aromatic carbocycles. The van der Waals surface area contributed by atoms with Gasteiger partial charge in [-0.3, -0.25) is 9.78 Å². The van der Waals surface area contributed by atoms with Crippen molar-refractivity contribution < 1.29 is 4.79 Å². The van der Waals surface area contributed by atoms with Gasteiger partial charge in [-0.2, -0.15) is 12.6 Å². The first-order valence-electron chi connectivity index (χ1n) is 6.52. The van der Waals surface area contributed by atoms with E-state index in [0.29, 0.717) is 6.42 Å². The van der Waals surface area contributed by atoms with E-state index >= 15 is 0 Å². The molecular formula is C15H16N2OS. The fourth-order valence-electron chi connectivity index (χ4n) is 2.61. The molecule has 4 heteroatoms. The lowest BCUT2D eigenvalue weighted by molar-refractivity contribution is -0.127. The number of carbonyl (C=O) groups is 1. The Hall–Kier alpha value is -1.55. The molecule has 0 bridgehead atoms. The number of amides is 1. The van der Waals surface area contributed by atoms with E-state index in [-0.39, 0.29) is 11.2 Å². The molecule has 0 aliphatic carbocycles. The smallest absolute Gasteiger partial charge is 0.223 e. The minimum atomic E-state index is 0.196. The SMILES string of the molecule is O=C1CC(S)CN1CCc1cccc2ncccc12. The highest BCUT2D eigenvalue weighted by atomic mass is 32.1. The Bertz CT molecular complexity index is 609. The quantitative estimate of drug-likeness (QED) is 0.870. The van der Waals surface area contributed by atoms with Gasteiger partial charge in [-0.1, -0.05) is 18.2 Å². The van der Waals surface area contributed by atoms with Crippen LogP contribution in [0.5, 0.6) is 0 Å². The van der Waals surface area contributed by atoms with Gasteiger partial charge in [0.25, 0.3) is 0 Å². The molecule has 3 rings (SSSR count). The standard InChI is InChI=1S/C15H16N2OS/c18-15-9-12(19)10-17(15)8-6-11-3-1-5-14-13(11)4-2-7-16-14/h1-5,7,12,19H,6,8-10H2. The van der Waals surface area contributed by atoms with E-state index in [4.69, 9.17) is 0 Å². The van der Waals surface area contributed by atoms with Gasteiger partial charge in [0.05, 0.1) is 5.52 Å². The van der Waals surface area contributed by atoms with Gasteiger partial charge in [0.2, 0.25) is 5.91 Å². The molecule has 0 spiro atoms. The van der Waals surface area contributed by atoms with Crippen molar-refractivity contribution in [3.05, 3.63) is 42.1 Å². The van der Waals surface area contributed by atoms with Crippen molar-refractivity contribution in [2.45, 2.75) is 18.1 Å². The summed E-state index contributed by atoms with van der Waals surface area (Å²) in [6.45, 7) is 1.54. The van der Waals surface area contributed by atoms with E-state index in [1.54, 1.807) is 0 Å².